The van der Waals surface area contributed by atoms with E-state index in [0.717, 1.165) is 13.0 Å². The van der Waals surface area contributed by atoms with Crippen LogP contribution in [0.5, 0.6) is 0 Å². The molecule has 1 fully saturated rings. The summed E-state index contributed by atoms with van der Waals surface area (Å²) in [6.07, 6.45) is 0.933. The first kappa shape index (κ1) is 13.5. The van der Waals surface area contributed by atoms with Gasteiger partial charge in [-0.25, -0.2) is 4.39 Å². The van der Waals surface area contributed by atoms with Gasteiger partial charge in [0.1, 0.15) is 5.82 Å². The van der Waals surface area contributed by atoms with Crippen LogP contribution in [-0.4, -0.2) is 29.9 Å². The lowest BCUT2D eigenvalue weighted by atomic mass is 10.0. The van der Waals surface area contributed by atoms with Crippen molar-refractivity contribution >= 4 is 21.8 Å². The molecule has 2 unspecified atom stereocenters. The van der Waals surface area contributed by atoms with Gasteiger partial charge in [0.25, 0.3) is 5.91 Å². The third kappa shape index (κ3) is 2.72. The van der Waals surface area contributed by atoms with Crippen molar-refractivity contribution in [1.82, 2.24) is 4.90 Å². The topological polar surface area (TPSA) is 46.3 Å². The van der Waals surface area contributed by atoms with Crippen molar-refractivity contribution < 1.29 is 9.18 Å². The Balaban J connectivity index is 2.13. The summed E-state index contributed by atoms with van der Waals surface area (Å²) in [5.74, 6) is -0.0634. The summed E-state index contributed by atoms with van der Waals surface area (Å²) in [5.41, 5.74) is 6.35. The highest BCUT2D eigenvalue weighted by molar-refractivity contribution is 9.10. The first-order valence-electron chi connectivity index (χ1n) is 5.99. The molecule has 0 bridgehead atoms. The maximum absolute atomic E-state index is 13.0. The molecular formula is C13H16BrFN2O. The van der Waals surface area contributed by atoms with Crippen molar-refractivity contribution in [3.05, 3.63) is 34.1 Å². The standard InChI is InChI=1S/C13H16BrFN2O/c1-8(16)9-4-5-17(7-9)13(18)11-3-2-10(15)6-12(11)14/h2-3,6,8-9H,4-5,7,16H2,1H3. The van der Waals surface area contributed by atoms with E-state index in [4.69, 9.17) is 5.73 Å². The van der Waals surface area contributed by atoms with Gasteiger partial charge >= 0.3 is 0 Å². The number of hydrogen-bond acceptors (Lipinski definition) is 2. The van der Waals surface area contributed by atoms with Crippen LogP contribution in [0.1, 0.15) is 23.7 Å². The molecule has 0 spiro atoms. The van der Waals surface area contributed by atoms with E-state index in [0.29, 0.717) is 22.5 Å². The molecule has 0 aliphatic carbocycles. The van der Waals surface area contributed by atoms with Crippen LogP contribution in [0.2, 0.25) is 0 Å². The number of benzene rings is 1. The molecule has 0 aromatic heterocycles. The first-order valence-corrected chi connectivity index (χ1v) is 6.78. The van der Waals surface area contributed by atoms with Gasteiger partial charge in [-0.15, -0.1) is 0 Å². The van der Waals surface area contributed by atoms with Gasteiger partial charge in [-0.3, -0.25) is 4.79 Å². The van der Waals surface area contributed by atoms with E-state index < -0.39 is 0 Å². The largest absolute Gasteiger partial charge is 0.338 e. The minimum absolute atomic E-state index is 0.0648. The Hall–Kier alpha value is -0.940. The molecule has 2 atom stereocenters. The third-order valence-electron chi connectivity index (χ3n) is 3.42. The number of halogens is 2. The summed E-state index contributed by atoms with van der Waals surface area (Å²) in [7, 11) is 0. The molecule has 1 aliphatic rings. The minimum atomic E-state index is -0.353. The summed E-state index contributed by atoms with van der Waals surface area (Å²) in [4.78, 5) is 14.1. The van der Waals surface area contributed by atoms with Crippen LogP contribution >= 0.6 is 15.9 Å². The van der Waals surface area contributed by atoms with Crippen molar-refractivity contribution in [3.8, 4) is 0 Å². The highest BCUT2D eigenvalue weighted by Gasteiger charge is 2.29. The fourth-order valence-corrected chi connectivity index (χ4v) is 2.75. The molecule has 0 radical (unpaired) electrons. The summed E-state index contributed by atoms with van der Waals surface area (Å²) < 4.78 is 13.5. The smallest absolute Gasteiger partial charge is 0.255 e. The number of carbonyl (C=O) groups excluding carboxylic acids is 1. The van der Waals surface area contributed by atoms with Crippen molar-refractivity contribution in [2.75, 3.05) is 13.1 Å². The summed E-state index contributed by atoms with van der Waals surface area (Å²) in [6, 6.07) is 4.23. The molecule has 1 heterocycles. The van der Waals surface area contributed by atoms with Crippen LogP contribution in [0, 0.1) is 11.7 Å². The van der Waals surface area contributed by atoms with E-state index in [2.05, 4.69) is 15.9 Å². The fourth-order valence-electron chi connectivity index (χ4n) is 2.23. The SMILES string of the molecule is CC(N)C1CCN(C(=O)c2ccc(F)cc2Br)C1. The van der Waals surface area contributed by atoms with Gasteiger partial charge in [0.15, 0.2) is 0 Å². The Morgan fingerprint density at radius 3 is 2.89 bits per heavy atom. The first-order chi connectivity index (χ1) is 8.49. The van der Waals surface area contributed by atoms with Gasteiger partial charge in [0.05, 0.1) is 5.56 Å². The van der Waals surface area contributed by atoms with Gasteiger partial charge in [0, 0.05) is 23.6 Å². The molecular weight excluding hydrogens is 299 g/mol. The average Bonchev–Trinajstić information content (AvgIpc) is 2.77. The van der Waals surface area contributed by atoms with Crippen LogP contribution in [0.3, 0.4) is 0 Å². The Bertz CT molecular complexity index is 464. The van der Waals surface area contributed by atoms with Crippen LogP contribution in [0.15, 0.2) is 22.7 Å². The third-order valence-corrected chi connectivity index (χ3v) is 4.07. The molecule has 18 heavy (non-hydrogen) atoms. The average molecular weight is 315 g/mol. The number of likely N-dealkylation sites (tertiary alicyclic amines) is 1. The summed E-state index contributed by atoms with van der Waals surface area (Å²) >= 11 is 3.23. The van der Waals surface area contributed by atoms with Gasteiger partial charge in [-0.2, -0.15) is 0 Å². The predicted molar refractivity (Wildman–Crippen MR) is 71.8 cm³/mol. The summed E-state index contributed by atoms with van der Waals surface area (Å²) in [6.45, 7) is 3.36. The Kier molecular flexibility index (Phi) is 4.02. The Morgan fingerprint density at radius 1 is 1.61 bits per heavy atom. The van der Waals surface area contributed by atoms with Crippen LogP contribution in [0.4, 0.5) is 4.39 Å². The lowest BCUT2D eigenvalue weighted by Crippen LogP contribution is -2.33. The molecule has 3 nitrogen and oxygen atoms in total. The predicted octanol–water partition coefficient (Wildman–Crippen LogP) is 2.40. The number of hydrogen-bond donors (Lipinski definition) is 1. The highest BCUT2D eigenvalue weighted by atomic mass is 79.9. The lowest BCUT2D eigenvalue weighted by Gasteiger charge is -2.18. The second-order valence-corrected chi connectivity index (χ2v) is 5.64. The monoisotopic (exact) mass is 314 g/mol. The van der Waals surface area contributed by atoms with Crippen LogP contribution in [0.25, 0.3) is 0 Å². The van der Waals surface area contributed by atoms with Gasteiger partial charge in [-0.1, -0.05) is 0 Å². The summed E-state index contributed by atoms with van der Waals surface area (Å²) in [5, 5.41) is 0. The maximum atomic E-state index is 13.0. The van der Waals surface area contributed by atoms with E-state index >= 15 is 0 Å². The quantitative estimate of drug-likeness (QED) is 0.911. The molecule has 98 valence electrons. The number of rotatable bonds is 2. The van der Waals surface area contributed by atoms with E-state index in [1.165, 1.54) is 18.2 Å². The second kappa shape index (κ2) is 5.36. The molecule has 0 saturated carbocycles. The van der Waals surface area contributed by atoms with Gasteiger partial charge in [0.2, 0.25) is 0 Å². The molecule has 1 aliphatic heterocycles. The lowest BCUT2D eigenvalue weighted by molar-refractivity contribution is 0.0785. The van der Waals surface area contributed by atoms with Gasteiger partial charge in [-0.05, 0) is 53.4 Å². The van der Waals surface area contributed by atoms with Crippen molar-refractivity contribution in [1.29, 1.82) is 0 Å². The van der Waals surface area contributed by atoms with Crippen LogP contribution < -0.4 is 5.73 Å². The maximum Gasteiger partial charge on any atom is 0.255 e. The minimum Gasteiger partial charge on any atom is -0.338 e. The normalized spacial score (nSPS) is 21.1. The molecule has 2 rings (SSSR count). The highest BCUT2D eigenvalue weighted by Crippen LogP contribution is 2.24. The molecule has 1 amide bonds. The Morgan fingerprint density at radius 2 is 2.33 bits per heavy atom. The fraction of sp³-hybridized carbons (Fsp3) is 0.462. The van der Waals surface area contributed by atoms with Crippen molar-refractivity contribution in [2.24, 2.45) is 11.7 Å². The molecule has 5 heteroatoms. The molecule has 1 aromatic rings. The zero-order valence-electron chi connectivity index (χ0n) is 10.2. The van der Waals surface area contributed by atoms with Crippen molar-refractivity contribution in [3.63, 3.8) is 0 Å². The number of amides is 1. The van der Waals surface area contributed by atoms with Gasteiger partial charge < -0.3 is 10.6 Å². The molecule has 1 saturated heterocycles. The molecule has 1 aromatic carbocycles. The van der Waals surface area contributed by atoms with E-state index in [-0.39, 0.29) is 17.8 Å². The van der Waals surface area contributed by atoms with E-state index in [9.17, 15) is 9.18 Å². The Labute approximate surface area is 114 Å². The zero-order chi connectivity index (χ0) is 13.3. The molecule has 2 N–H and O–H groups in total. The number of nitrogens with two attached hydrogens (primary N) is 1. The number of nitrogens with zero attached hydrogens (tertiary/aromatic N) is 1. The van der Waals surface area contributed by atoms with E-state index in [1.54, 1.807) is 4.90 Å². The van der Waals surface area contributed by atoms with Crippen LogP contribution in [-0.2, 0) is 0 Å². The van der Waals surface area contributed by atoms with E-state index in [1.807, 2.05) is 6.92 Å². The zero-order valence-corrected chi connectivity index (χ0v) is 11.8. The second-order valence-electron chi connectivity index (χ2n) is 4.78. The van der Waals surface area contributed by atoms with Crippen molar-refractivity contribution in [2.45, 2.75) is 19.4 Å². The number of carbonyl (C=O) groups is 1.